The summed E-state index contributed by atoms with van der Waals surface area (Å²) in [6.07, 6.45) is 0. The number of aryl methyl sites for hydroxylation is 1. The lowest BCUT2D eigenvalue weighted by Gasteiger charge is -2.01. The molecule has 0 aliphatic carbocycles. The second-order valence-electron chi connectivity index (χ2n) is 5.15. The van der Waals surface area contributed by atoms with E-state index in [4.69, 9.17) is 10.6 Å². The Bertz CT molecular complexity index is 844. The lowest BCUT2D eigenvalue weighted by atomic mass is 10.2. The van der Waals surface area contributed by atoms with Crippen LogP contribution in [0.5, 0.6) is 0 Å². The molecule has 0 aliphatic heterocycles. The van der Waals surface area contributed by atoms with Gasteiger partial charge in [-0.25, -0.2) is 9.37 Å². The predicted molar refractivity (Wildman–Crippen MR) is 94.2 cm³/mol. The lowest BCUT2D eigenvalue weighted by molar-refractivity contribution is 0.132. The van der Waals surface area contributed by atoms with Gasteiger partial charge in [-0.15, -0.1) is 11.3 Å². The molecule has 3 rings (SSSR count). The topological polar surface area (TPSA) is 60.5 Å². The van der Waals surface area contributed by atoms with Gasteiger partial charge in [-0.3, -0.25) is 0 Å². The van der Waals surface area contributed by atoms with Crippen molar-refractivity contribution in [2.24, 2.45) is 10.9 Å². The summed E-state index contributed by atoms with van der Waals surface area (Å²) in [5, 5.41) is 4.84. The van der Waals surface area contributed by atoms with Crippen LogP contribution in [0.15, 0.2) is 59.8 Å². The third-order valence-corrected chi connectivity index (χ3v) is 4.59. The van der Waals surface area contributed by atoms with Gasteiger partial charge in [0, 0.05) is 11.1 Å². The van der Waals surface area contributed by atoms with Crippen LogP contribution in [0.3, 0.4) is 0 Å². The molecule has 0 saturated carbocycles. The Morgan fingerprint density at radius 3 is 2.58 bits per heavy atom. The molecule has 3 aromatic rings. The number of benzene rings is 2. The fraction of sp³-hybridized carbons (Fsp3) is 0.111. The normalized spacial score (nSPS) is 11.5. The Kier molecular flexibility index (Phi) is 4.86. The third-order valence-electron chi connectivity index (χ3n) is 3.41. The summed E-state index contributed by atoms with van der Waals surface area (Å²) in [6, 6.07) is 15.8. The van der Waals surface area contributed by atoms with E-state index in [1.807, 2.05) is 37.3 Å². The molecule has 24 heavy (non-hydrogen) atoms. The number of rotatable bonds is 5. The molecule has 2 N–H and O–H groups in total. The van der Waals surface area contributed by atoms with E-state index in [-0.39, 0.29) is 18.3 Å². The molecule has 1 heterocycles. The lowest BCUT2D eigenvalue weighted by Crippen LogP contribution is -2.13. The van der Waals surface area contributed by atoms with Gasteiger partial charge in [0.25, 0.3) is 0 Å². The van der Waals surface area contributed by atoms with Crippen molar-refractivity contribution < 1.29 is 9.23 Å². The van der Waals surface area contributed by atoms with E-state index in [0.717, 1.165) is 21.1 Å². The highest BCUT2D eigenvalue weighted by Gasteiger charge is 2.10. The molecular formula is C18H16FN3OS. The molecule has 4 nitrogen and oxygen atoms in total. The monoisotopic (exact) mass is 341 g/mol. The van der Waals surface area contributed by atoms with Gasteiger partial charge in [-0.2, -0.15) is 0 Å². The largest absolute Gasteiger partial charge is 0.388 e. The van der Waals surface area contributed by atoms with E-state index in [1.165, 1.54) is 12.1 Å². The summed E-state index contributed by atoms with van der Waals surface area (Å²) < 4.78 is 12.9. The number of nitrogens with two attached hydrogens (primary N) is 1. The van der Waals surface area contributed by atoms with Gasteiger partial charge in [-0.05, 0) is 31.2 Å². The zero-order valence-corrected chi connectivity index (χ0v) is 13.9. The van der Waals surface area contributed by atoms with E-state index < -0.39 is 0 Å². The molecule has 0 bridgehead atoms. The number of nitrogens with zero attached hydrogens (tertiary/aromatic N) is 2. The molecule has 0 spiro atoms. The second-order valence-corrected chi connectivity index (χ2v) is 6.23. The van der Waals surface area contributed by atoms with Crippen LogP contribution in [0.25, 0.3) is 10.6 Å². The van der Waals surface area contributed by atoms with E-state index in [2.05, 4.69) is 10.1 Å². The first-order valence-electron chi connectivity index (χ1n) is 7.36. The molecule has 6 heteroatoms. The molecule has 122 valence electrons. The second kappa shape index (κ2) is 7.23. The molecule has 0 fully saturated rings. The van der Waals surface area contributed by atoms with Gasteiger partial charge in [0.15, 0.2) is 12.4 Å². The van der Waals surface area contributed by atoms with Crippen LogP contribution in [0.2, 0.25) is 0 Å². The van der Waals surface area contributed by atoms with Gasteiger partial charge < -0.3 is 10.6 Å². The van der Waals surface area contributed by atoms with Crippen molar-refractivity contribution in [3.05, 3.63) is 76.5 Å². The number of thiazole rings is 1. The number of oxime groups is 1. The Morgan fingerprint density at radius 1 is 1.17 bits per heavy atom. The van der Waals surface area contributed by atoms with Gasteiger partial charge in [0.1, 0.15) is 10.8 Å². The smallest absolute Gasteiger partial charge is 0.170 e. The number of halogens is 1. The van der Waals surface area contributed by atoms with Gasteiger partial charge in [0.2, 0.25) is 0 Å². The average Bonchev–Trinajstić information content (AvgIpc) is 2.97. The number of hydrogen-bond donors (Lipinski definition) is 1. The van der Waals surface area contributed by atoms with Crippen molar-refractivity contribution in [2.45, 2.75) is 13.5 Å². The van der Waals surface area contributed by atoms with Gasteiger partial charge in [0.05, 0.1) is 10.6 Å². The fourth-order valence-electron chi connectivity index (χ4n) is 2.10. The average molecular weight is 341 g/mol. The SMILES string of the molecule is Cc1nc(-c2ccccc2)sc1CO/N=C(/N)c1ccc(F)cc1. The van der Waals surface area contributed by atoms with Crippen molar-refractivity contribution >= 4 is 17.2 Å². The highest BCUT2D eigenvalue weighted by molar-refractivity contribution is 7.15. The highest BCUT2D eigenvalue weighted by Crippen LogP contribution is 2.28. The minimum atomic E-state index is -0.318. The molecule has 0 saturated heterocycles. The maximum Gasteiger partial charge on any atom is 0.170 e. The van der Waals surface area contributed by atoms with E-state index in [9.17, 15) is 4.39 Å². The highest BCUT2D eigenvalue weighted by atomic mass is 32.1. The van der Waals surface area contributed by atoms with Crippen molar-refractivity contribution in [1.29, 1.82) is 0 Å². The van der Waals surface area contributed by atoms with Crippen LogP contribution in [0.1, 0.15) is 16.1 Å². The van der Waals surface area contributed by atoms with Gasteiger partial charge in [-0.1, -0.05) is 35.5 Å². The van der Waals surface area contributed by atoms with Crippen LogP contribution in [0, 0.1) is 12.7 Å². The molecule has 0 radical (unpaired) electrons. The van der Waals surface area contributed by atoms with Crippen LogP contribution in [-0.2, 0) is 11.4 Å². The molecule has 1 aromatic heterocycles. The first kappa shape index (κ1) is 16.1. The van der Waals surface area contributed by atoms with Crippen LogP contribution in [-0.4, -0.2) is 10.8 Å². The van der Waals surface area contributed by atoms with Crippen molar-refractivity contribution in [1.82, 2.24) is 4.98 Å². The quantitative estimate of drug-likeness (QED) is 0.432. The Labute approximate surface area is 143 Å². The molecular weight excluding hydrogens is 325 g/mol. The fourth-order valence-corrected chi connectivity index (χ4v) is 3.07. The third kappa shape index (κ3) is 3.78. The van der Waals surface area contributed by atoms with E-state index >= 15 is 0 Å². The summed E-state index contributed by atoms with van der Waals surface area (Å²) in [5.41, 5.74) is 8.43. The zero-order valence-electron chi connectivity index (χ0n) is 13.1. The zero-order chi connectivity index (χ0) is 16.9. The van der Waals surface area contributed by atoms with Gasteiger partial charge >= 0.3 is 0 Å². The minimum Gasteiger partial charge on any atom is -0.388 e. The van der Waals surface area contributed by atoms with Crippen LogP contribution < -0.4 is 5.73 Å². The predicted octanol–water partition coefficient (Wildman–Crippen LogP) is 4.09. The van der Waals surface area contributed by atoms with Crippen molar-refractivity contribution in [3.8, 4) is 10.6 Å². The van der Waals surface area contributed by atoms with E-state index in [1.54, 1.807) is 23.5 Å². The molecule has 0 unspecified atom stereocenters. The molecule has 2 aromatic carbocycles. The molecule has 0 amide bonds. The minimum absolute atomic E-state index is 0.209. The maximum absolute atomic E-state index is 12.9. The van der Waals surface area contributed by atoms with Crippen LogP contribution in [0.4, 0.5) is 4.39 Å². The van der Waals surface area contributed by atoms with Crippen molar-refractivity contribution in [2.75, 3.05) is 0 Å². The maximum atomic E-state index is 12.9. The Balaban J connectivity index is 1.68. The Hall–Kier alpha value is -2.73. The summed E-state index contributed by atoms with van der Waals surface area (Å²) in [7, 11) is 0. The number of hydrogen-bond acceptors (Lipinski definition) is 4. The number of aromatic nitrogens is 1. The number of amidine groups is 1. The Morgan fingerprint density at radius 2 is 1.88 bits per heavy atom. The van der Waals surface area contributed by atoms with E-state index in [0.29, 0.717) is 5.56 Å². The summed E-state index contributed by atoms with van der Waals surface area (Å²) in [4.78, 5) is 10.9. The molecule has 0 atom stereocenters. The van der Waals surface area contributed by atoms with Crippen molar-refractivity contribution in [3.63, 3.8) is 0 Å². The summed E-state index contributed by atoms with van der Waals surface area (Å²) in [5.74, 6) is -0.110. The standard InChI is InChI=1S/C18H16FN3OS/c1-12-16(24-18(21-12)14-5-3-2-4-6-14)11-23-22-17(20)13-7-9-15(19)10-8-13/h2-10H,11H2,1H3,(H2,20,22). The van der Waals surface area contributed by atoms with Crippen LogP contribution >= 0.6 is 11.3 Å². The first-order valence-corrected chi connectivity index (χ1v) is 8.18. The molecule has 0 aliphatic rings. The summed E-state index contributed by atoms with van der Waals surface area (Å²) >= 11 is 1.57. The summed E-state index contributed by atoms with van der Waals surface area (Å²) in [6.45, 7) is 2.23. The first-order chi connectivity index (χ1) is 11.6.